The third kappa shape index (κ3) is 4.86. The highest BCUT2D eigenvalue weighted by Gasteiger charge is 2.40. The van der Waals surface area contributed by atoms with Crippen LogP contribution in [0.4, 0.5) is 13.2 Å². The average molecular weight is 350 g/mol. The van der Waals surface area contributed by atoms with Crippen molar-refractivity contribution in [3.05, 3.63) is 34.9 Å². The van der Waals surface area contributed by atoms with Crippen LogP contribution in [0.15, 0.2) is 24.3 Å². The van der Waals surface area contributed by atoms with Gasteiger partial charge >= 0.3 is 12.1 Å². The van der Waals surface area contributed by atoms with Gasteiger partial charge in [-0.15, -0.1) is 0 Å². The Hall–Kier alpha value is -1.76. The largest absolute Gasteiger partial charge is 0.481 e. The first-order chi connectivity index (χ1) is 10.7. The third-order valence-electron chi connectivity index (χ3n) is 3.88. The first-order valence-corrected chi connectivity index (χ1v) is 7.39. The lowest BCUT2D eigenvalue weighted by molar-refractivity contribution is -0.149. The molecule has 8 heteroatoms. The molecule has 0 heterocycles. The van der Waals surface area contributed by atoms with Crippen LogP contribution in [0.25, 0.3) is 0 Å². The number of halogens is 4. The molecule has 126 valence electrons. The predicted octanol–water partition coefficient (Wildman–Crippen LogP) is 3.56. The molecule has 1 saturated carbocycles. The number of aliphatic carboxylic acids is 1. The lowest BCUT2D eigenvalue weighted by atomic mass is 9.74. The molecule has 1 unspecified atom stereocenters. The summed E-state index contributed by atoms with van der Waals surface area (Å²) < 4.78 is 38.2. The van der Waals surface area contributed by atoms with E-state index in [4.69, 9.17) is 16.7 Å². The Kier molecular flexibility index (Phi) is 5.19. The van der Waals surface area contributed by atoms with Crippen molar-refractivity contribution in [1.82, 2.24) is 5.32 Å². The lowest BCUT2D eigenvalue weighted by Gasteiger charge is -2.32. The van der Waals surface area contributed by atoms with Gasteiger partial charge in [0.1, 0.15) is 0 Å². The molecule has 2 rings (SSSR count). The summed E-state index contributed by atoms with van der Waals surface area (Å²) in [5.41, 5.74) is 0.300. The van der Waals surface area contributed by atoms with Gasteiger partial charge in [0.15, 0.2) is 0 Å². The number of hydrogen-bond acceptors (Lipinski definition) is 2. The van der Waals surface area contributed by atoms with E-state index in [1.807, 2.05) is 0 Å². The molecule has 2 N–H and O–H groups in total. The fourth-order valence-electron chi connectivity index (χ4n) is 2.50. The Morgan fingerprint density at radius 3 is 2.26 bits per heavy atom. The van der Waals surface area contributed by atoms with Gasteiger partial charge in [-0.25, -0.2) is 0 Å². The molecular weight excluding hydrogens is 335 g/mol. The Labute approximate surface area is 135 Å². The molecule has 4 nitrogen and oxygen atoms in total. The van der Waals surface area contributed by atoms with Gasteiger partial charge in [0, 0.05) is 10.9 Å². The summed E-state index contributed by atoms with van der Waals surface area (Å²) in [6.45, 7) is 0. The van der Waals surface area contributed by atoms with Crippen molar-refractivity contribution in [2.45, 2.75) is 31.5 Å². The van der Waals surface area contributed by atoms with Crippen molar-refractivity contribution in [1.29, 1.82) is 0 Å². The second-order valence-electron chi connectivity index (χ2n) is 5.64. The number of benzene rings is 1. The van der Waals surface area contributed by atoms with Crippen LogP contribution < -0.4 is 5.32 Å². The molecule has 0 spiro atoms. The van der Waals surface area contributed by atoms with Gasteiger partial charge in [-0.1, -0.05) is 23.7 Å². The second-order valence-corrected chi connectivity index (χ2v) is 6.07. The van der Waals surface area contributed by atoms with Crippen LogP contribution in [-0.4, -0.2) is 23.2 Å². The number of rotatable bonds is 5. The Morgan fingerprint density at radius 2 is 1.78 bits per heavy atom. The van der Waals surface area contributed by atoms with Crippen LogP contribution in [0.3, 0.4) is 0 Å². The third-order valence-corrected chi connectivity index (χ3v) is 4.13. The summed E-state index contributed by atoms with van der Waals surface area (Å²) in [5.74, 6) is -2.69. The smallest absolute Gasteiger partial charge is 0.391 e. The highest BCUT2D eigenvalue weighted by molar-refractivity contribution is 6.30. The van der Waals surface area contributed by atoms with E-state index in [0.717, 1.165) is 0 Å². The standard InChI is InChI=1S/C15H15ClF3NO3/c16-11-3-1-8(2-4-11)12(7-15(17,18)19)20-13(21)9-5-10(6-9)14(22)23/h1-4,9-10,12H,5-7H2,(H,20,21)(H,22,23). The maximum Gasteiger partial charge on any atom is 0.391 e. The highest BCUT2D eigenvalue weighted by Crippen LogP contribution is 2.36. The predicted molar refractivity (Wildman–Crippen MR) is 76.9 cm³/mol. The monoisotopic (exact) mass is 349 g/mol. The molecule has 1 amide bonds. The van der Waals surface area contributed by atoms with Crippen LogP contribution in [0, 0.1) is 11.8 Å². The minimum absolute atomic E-state index is 0.153. The summed E-state index contributed by atoms with van der Waals surface area (Å²) >= 11 is 5.72. The second kappa shape index (κ2) is 6.78. The Bertz CT molecular complexity index is 583. The summed E-state index contributed by atoms with van der Waals surface area (Å²) in [4.78, 5) is 22.8. The van der Waals surface area contributed by atoms with Crippen LogP contribution >= 0.6 is 11.6 Å². The molecular formula is C15H15ClF3NO3. The van der Waals surface area contributed by atoms with Gasteiger partial charge in [0.05, 0.1) is 18.4 Å². The van der Waals surface area contributed by atoms with E-state index in [2.05, 4.69) is 5.32 Å². The van der Waals surface area contributed by atoms with E-state index in [9.17, 15) is 22.8 Å². The van der Waals surface area contributed by atoms with E-state index in [1.54, 1.807) is 0 Å². The minimum Gasteiger partial charge on any atom is -0.481 e. The topological polar surface area (TPSA) is 66.4 Å². The summed E-state index contributed by atoms with van der Waals surface area (Å²) in [6.07, 6.45) is -5.34. The number of nitrogens with one attached hydrogen (secondary N) is 1. The maximum atomic E-state index is 12.7. The molecule has 0 aliphatic heterocycles. The van der Waals surface area contributed by atoms with Crippen molar-refractivity contribution in [3.8, 4) is 0 Å². The Balaban J connectivity index is 2.04. The molecule has 23 heavy (non-hydrogen) atoms. The van der Waals surface area contributed by atoms with Gasteiger partial charge in [-0.05, 0) is 30.5 Å². The highest BCUT2D eigenvalue weighted by atomic mass is 35.5. The van der Waals surface area contributed by atoms with Gasteiger partial charge < -0.3 is 10.4 Å². The van der Waals surface area contributed by atoms with Gasteiger partial charge in [0.25, 0.3) is 0 Å². The first-order valence-electron chi connectivity index (χ1n) is 7.01. The molecule has 0 radical (unpaired) electrons. The average Bonchev–Trinajstić information content (AvgIpc) is 2.34. The number of hydrogen-bond donors (Lipinski definition) is 2. The van der Waals surface area contributed by atoms with E-state index < -0.39 is 42.4 Å². The number of carboxylic acid groups (broad SMARTS) is 1. The molecule has 1 aliphatic carbocycles. The van der Waals surface area contributed by atoms with Crippen molar-refractivity contribution >= 4 is 23.5 Å². The summed E-state index contributed by atoms with van der Waals surface area (Å²) in [6, 6.07) is 4.55. The van der Waals surface area contributed by atoms with Crippen LogP contribution in [-0.2, 0) is 9.59 Å². The van der Waals surface area contributed by atoms with Crippen molar-refractivity contribution in [3.63, 3.8) is 0 Å². The zero-order chi connectivity index (χ0) is 17.2. The van der Waals surface area contributed by atoms with Crippen molar-refractivity contribution < 1.29 is 27.9 Å². The number of alkyl halides is 3. The molecule has 0 saturated heterocycles. The van der Waals surface area contributed by atoms with Gasteiger partial charge in [-0.3, -0.25) is 9.59 Å². The molecule has 0 bridgehead atoms. The molecule has 1 fully saturated rings. The normalized spacial score (nSPS) is 22.1. The SMILES string of the molecule is O=C(O)C1CC(C(=O)NC(CC(F)(F)F)c2ccc(Cl)cc2)C1. The molecule has 1 atom stereocenters. The number of carbonyl (C=O) groups excluding carboxylic acids is 1. The zero-order valence-corrected chi connectivity index (χ0v) is 12.7. The van der Waals surface area contributed by atoms with Crippen molar-refractivity contribution in [2.24, 2.45) is 11.8 Å². The van der Waals surface area contributed by atoms with Gasteiger partial charge in [-0.2, -0.15) is 13.2 Å². The van der Waals surface area contributed by atoms with E-state index in [-0.39, 0.29) is 12.8 Å². The molecule has 0 aromatic heterocycles. The molecule has 1 aromatic carbocycles. The van der Waals surface area contributed by atoms with Crippen LogP contribution in [0.1, 0.15) is 30.9 Å². The van der Waals surface area contributed by atoms with Crippen LogP contribution in [0.2, 0.25) is 5.02 Å². The first kappa shape index (κ1) is 17.6. The van der Waals surface area contributed by atoms with Crippen LogP contribution in [0.5, 0.6) is 0 Å². The fourth-order valence-corrected chi connectivity index (χ4v) is 2.63. The number of amides is 1. The molecule has 1 aliphatic rings. The van der Waals surface area contributed by atoms with E-state index in [1.165, 1.54) is 24.3 Å². The minimum atomic E-state index is -4.44. The lowest BCUT2D eigenvalue weighted by Crippen LogP contribution is -2.43. The summed E-state index contributed by atoms with van der Waals surface area (Å²) in [7, 11) is 0. The maximum absolute atomic E-state index is 12.7. The fraction of sp³-hybridized carbons (Fsp3) is 0.467. The van der Waals surface area contributed by atoms with E-state index in [0.29, 0.717) is 10.6 Å². The van der Waals surface area contributed by atoms with E-state index >= 15 is 0 Å². The number of carboxylic acids is 1. The quantitative estimate of drug-likeness (QED) is 0.854. The Morgan fingerprint density at radius 1 is 1.22 bits per heavy atom. The van der Waals surface area contributed by atoms with Gasteiger partial charge in [0.2, 0.25) is 5.91 Å². The summed E-state index contributed by atoms with van der Waals surface area (Å²) in [5, 5.41) is 11.5. The molecule has 1 aromatic rings. The number of carbonyl (C=O) groups is 2. The zero-order valence-electron chi connectivity index (χ0n) is 11.9. The van der Waals surface area contributed by atoms with Crippen molar-refractivity contribution in [2.75, 3.05) is 0 Å².